The van der Waals surface area contributed by atoms with E-state index in [1.54, 1.807) is 35.4 Å². The summed E-state index contributed by atoms with van der Waals surface area (Å²) in [7, 11) is 0. The molecule has 2 heterocycles. The second-order valence-electron chi connectivity index (χ2n) is 7.27. The zero-order chi connectivity index (χ0) is 22.1. The minimum Gasteiger partial charge on any atom is -0.453 e. The van der Waals surface area contributed by atoms with Crippen molar-refractivity contribution in [2.24, 2.45) is 0 Å². The zero-order valence-electron chi connectivity index (χ0n) is 17.6. The monoisotopic (exact) mass is 426 g/mol. The van der Waals surface area contributed by atoms with Crippen LogP contribution in [0.5, 0.6) is 11.5 Å². The van der Waals surface area contributed by atoms with Gasteiger partial charge in [-0.05, 0) is 42.3 Å². The number of hydrogen-bond donors (Lipinski definition) is 1. The molecule has 1 N–H and O–H groups in total. The van der Waals surface area contributed by atoms with Gasteiger partial charge in [0.25, 0.3) is 0 Å². The molecule has 1 fully saturated rings. The maximum absolute atomic E-state index is 14.3. The summed E-state index contributed by atoms with van der Waals surface area (Å²) in [4.78, 5) is 32.0. The summed E-state index contributed by atoms with van der Waals surface area (Å²) in [5.74, 6) is -0.100. The number of rotatable bonds is 8. The fraction of sp³-hybridized carbons (Fsp3) is 0.348. The van der Waals surface area contributed by atoms with Crippen LogP contribution < -0.4 is 10.1 Å². The highest BCUT2D eigenvalue weighted by Gasteiger charge is 2.21. The lowest BCUT2D eigenvalue weighted by atomic mass is 10.2. The molecular formula is C23H27FN4O3. The minimum absolute atomic E-state index is 0.0134. The Kier molecular flexibility index (Phi) is 8.12. The molecule has 31 heavy (non-hydrogen) atoms. The summed E-state index contributed by atoms with van der Waals surface area (Å²) in [5, 5.41) is 2.86. The summed E-state index contributed by atoms with van der Waals surface area (Å²) >= 11 is 0. The van der Waals surface area contributed by atoms with Gasteiger partial charge in [0.2, 0.25) is 11.8 Å². The number of carbonyl (C=O) groups is 2. The molecule has 8 heteroatoms. The topological polar surface area (TPSA) is 74.8 Å². The second kappa shape index (κ2) is 11.2. The molecule has 2 aromatic rings. The van der Waals surface area contributed by atoms with Gasteiger partial charge in [0, 0.05) is 45.0 Å². The Labute approximate surface area is 181 Å². The Morgan fingerprint density at radius 3 is 2.71 bits per heavy atom. The van der Waals surface area contributed by atoms with E-state index in [0.29, 0.717) is 50.6 Å². The lowest BCUT2D eigenvalue weighted by molar-refractivity contribution is -0.128. The van der Waals surface area contributed by atoms with Crippen LogP contribution in [0, 0.1) is 5.82 Å². The van der Waals surface area contributed by atoms with Crippen molar-refractivity contribution in [1.29, 1.82) is 0 Å². The summed E-state index contributed by atoms with van der Waals surface area (Å²) in [6.45, 7) is 5.44. The van der Waals surface area contributed by atoms with E-state index in [9.17, 15) is 14.0 Å². The van der Waals surface area contributed by atoms with Crippen LogP contribution in [0.4, 0.5) is 4.39 Å². The fourth-order valence-corrected chi connectivity index (χ4v) is 3.16. The number of nitrogens with zero attached hydrogens (tertiary/aromatic N) is 3. The Balaban J connectivity index is 1.49. The first-order chi connectivity index (χ1) is 15.0. The van der Waals surface area contributed by atoms with Gasteiger partial charge in [0.1, 0.15) is 5.75 Å². The van der Waals surface area contributed by atoms with E-state index in [1.807, 2.05) is 11.8 Å². The van der Waals surface area contributed by atoms with Gasteiger partial charge in [-0.25, -0.2) is 4.39 Å². The third-order valence-corrected chi connectivity index (χ3v) is 4.86. The van der Waals surface area contributed by atoms with Gasteiger partial charge in [-0.3, -0.25) is 19.5 Å². The Hall–Kier alpha value is -3.26. The van der Waals surface area contributed by atoms with Crippen LogP contribution >= 0.6 is 0 Å². The maximum atomic E-state index is 14.3. The number of halogens is 1. The first-order valence-electron chi connectivity index (χ1n) is 10.4. The van der Waals surface area contributed by atoms with E-state index in [2.05, 4.69) is 10.3 Å². The second-order valence-corrected chi connectivity index (χ2v) is 7.27. The van der Waals surface area contributed by atoms with E-state index in [1.165, 1.54) is 24.4 Å². The maximum Gasteiger partial charge on any atom is 0.246 e. The highest BCUT2D eigenvalue weighted by Crippen LogP contribution is 2.24. The fourth-order valence-electron chi connectivity index (χ4n) is 3.16. The van der Waals surface area contributed by atoms with Gasteiger partial charge in [-0.15, -0.1) is 0 Å². The lowest BCUT2D eigenvalue weighted by Crippen LogP contribution is -2.50. The predicted octanol–water partition coefficient (Wildman–Crippen LogP) is 2.70. The first-order valence-corrected chi connectivity index (χ1v) is 10.4. The average Bonchev–Trinajstić information content (AvgIpc) is 2.79. The molecule has 1 aromatic carbocycles. The van der Waals surface area contributed by atoms with Gasteiger partial charge in [-0.2, -0.15) is 0 Å². The van der Waals surface area contributed by atoms with Crippen LogP contribution in [-0.2, 0) is 9.59 Å². The summed E-state index contributed by atoms with van der Waals surface area (Å²) in [5.41, 5.74) is 0.565. The first kappa shape index (κ1) is 22.4. The molecule has 0 aliphatic carbocycles. The number of aromatic nitrogens is 1. The van der Waals surface area contributed by atoms with Crippen molar-refractivity contribution in [2.75, 3.05) is 39.3 Å². The third-order valence-electron chi connectivity index (χ3n) is 4.86. The van der Waals surface area contributed by atoms with Crippen LogP contribution in [-0.4, -0.2) is 65.9 Å². The van der Waals surface area contributed by atoms with Crippen molar-refractivity contribution in [3.8, 4) is 11.5 Å². The Morgan fingerprint density at radius 1 is 1.23 bits per heavy atom. The van der Waals surface area contributed by atoms with E-state index in [-0.39, 0.29) is 17.6 Å². The summed E-state index contributed by atoms with van der Waals surface area (Å²) < 4.78 is 19.8. The number of benzene rings is 1. The number of pyridine rings is 1. The molecule has 0 atom stereocenters. The Bertz CT molecular complexity index is 912. The average molecular weight is 426 g/mol. The standard InChI is InChI=1S/C23H27FN4O3/c1-2-9-26-22(29)17-27-11-13-28(14-12-27)23(30)8-6-18-5-7-21(20(24)15-18)31-19-4-3-10-25-16-19/h3-8,10,15-16H,2,9,11-14,17H2,1H3,(H,26,29)/b8-6+. The number of amides is 2. The normalized spacial score (nSPS) is 14.6. The number of carbonyl (C=O) groups excluding carboxylic acids is 2. The van der Waals surface area contributed by atoms with Gasteiger partial charge in [0.15, 0.2) is 11.6 Å². The highest BCUT2D eigenvalue weighted by molar-refractivity contribution is 5.91. The summed E-state index contributed by atoms with van der Waals surface area (Å²) in [6, 6.07) is 7.93. The Morgan fingerprint density at radius 2 is 2.03 bits per heavy atom. The molecule has 0 spiro atoms. The number of hydrogen-bond acceptors (Lipinski definition) is 5. The molecule has 1 aliphatic heterocycles. The molecular weight excluding hydrogens is 399 g/mol. The third kappa shape index (κ3) is 6.89. The molecule has 164 valence electrons. The van der Waals surface area contributed by atoms with Crippen LogP contribution in [0.3, 0.4) is 0 Å². The molecule has 1 aromatic heterocycles. The number of ether oxygens (including phenoxy) is 1. The minimum atomic E-state index is -0.520. The smallest absolute Gasteiger partial charge is 0.246 e. The highest BCUT2D eigenvalue weighted by atomic mass is 19.1. The van der Waals surface area contributed by atoms with Crippen molar-refractivity contribution >= 4 is 17.9 Å². The molecule has 1 saturated heterocycles. The van der Waals surface area contributed by atoms with Gasteiger partial charge >= 0.3 is 0 Å². The quantitative estimate of drug-likeness (QED) is 0.657. The van der Waals surface area contributed by atoms with Crippen molar-refractivity contribution in [2.45, 2.75) is 13.3 Å². The van der Waals surface area contributed by atoms with Crippen LogP contribution in [0.25, 0.3) is 6.08 Å². The van der Waals surface area contributed by atoms with Crippen molar-refractivity contribution in [3.63, 3.8) is 0 Å². The van der Waals surface area contributed by atoms with Crippen LogP contribution in [0.1, 0.15) is 18.9 Å². The van der Waals surface area contributed by atoms with E-state index in [0.717, 1.165) is 6.42 Å². The lowest BCUT2D eigenvalue weighted by Gasteiger charge is -2.33. The van der Waals surface area contributed by atoms with Crippen molar-refractivity contribution < 1.29 is 18.7 Å². The van der Waals surface area contributed by atoms with Crippen LogP contribution in [0.15, 0.2) is 48.8 Å². The number of nitrogens with one attached hydrogen (secondary N) is 1. The molecule has 0 unspecified atom stereocenters. The van der Waals surface area contributed by atoms with E-state index < -0.39 is 5.82 Å². The molecule has 0 radical (unpaired) electrons. The predicted molar refractivity (Wildman–Crippen MR) is 116 cm³/mol. The van der Waals surface area contributed by atoms with Gasteiger partial charge in [-0.1, -0.05) is 13.0 Å². The molecule has 2 amide bonds. The zero-order valence-corrected chi connectivity index (χ0v) is 17.6. The van der Waals surface area contributed by atoms with E-state index >= 15 is 0 Å². The SMILES string of the molecule is CCCNC(=O)CN1CCN(C(=O)/C=C/c2ccc(Oc3cccnc3)c(F)c2)CC1. The van der Waals surface area contributed by atoms with Crippen molar-refractivity contribution in [1.82, 2.24) is 20.1 Å². The van der Waals surface area contributed by atoms with E-state index in [4.69, 9.17) is 4.74 Å². The molecule has 0 saturated carbocycles. The molecule has 3 rings (SSSR count). The number of piperazine rings is 1. The van der Waals surface area contributed by atoms with Gasteiger partial charge in [0.05, 0.1) is 12.7 Å². The van der Waals surface area contributed by atoms with Gasteiger partial charge < -0.3 is 15.0 Å². The van der Waals surface area contributed by atoms with Crippen molar-refractivity contribution in [3.05, 3.63) is 60.2 Å². The largest absolute Gasteiger partial charge is 0.453 e. The summed E-state index contributed by atoms with van der Waals surface area (Å²) in [6.07, 6.45) is 7.05. The molecule has 7 nitrogen and oxygen atoms in total. The van der Waals surface area contributed by atoms with Crippen LogP contribution in [0.2, 0.25) is 0 Å². The molecule has 0 bridgehead atoms. The molecule has 1 aliphatic rings.